The van der Waals surface area contributed by atoms with Crippen LogP contribution in [0.4, 0.5) is 0 Å². The van der Waals surface area contributed by atoms with Gasteiger partial charge in [0, 0.05) is 24.3 Å². The first-order valence-corrected chi connectivity index (χ1v) is 5.52. The average Bonchev–Trinajstić information content (AvgIpc) is 2.53. The SMILES string of the molecule is Cc1cc2cc3c(cc2[nH]1)CN(C)CC3. The van der Waals surface area contributed by atoms with Gasteiger partial charge in [0.1, 0.15) is 0 Å². The van der Waals surface area contributed by atoms with Crippen LogP contribution in [0.3, 0.4) is 0 Å². The quantitative estimate of drug-likeness (QED) is 0.692. The molecule has 0 saturated carbocycles. The summed E-state index contributed by atoms with van der Waals surface area (Å²) in [5, 5.41) is 1.36. The van der Waals surface area contributed by atoms with E-state index in [4.69, 9.17) is 0 Å². The standard InChI is InChI=1S/C13H16N2/c1-9-5-11-6-10-3-4-15(2)8-12(10)7-13(11)14-9/h5-7,14H,3-4,8H2,1-2H3. The molecule has 0 bridgehead atoms. The van der Waals surface area contributed by atoms with E-state index in [1.54, 1.807) is 0 Å². The van der Waals surface area contributed by atoms with Crippen molar-refractivity contribution in [3.63, 3.8) is 0 Å². The zero-order valence-corrected chi connectivity index (χ0v) is 9.30. The van der Waals surface area contributed by atoms with E-state index >= 15 is 0 Å². The highest BCUT2D eigenvalue weighted by molar-refractivity contribution is 5.82. The van der Waals surface area contributed by atoms with Crippen LogP contribution in [-0.2, 0) is 13.0 Å². The van der Waals surface area contributed by atoms with Gasteiger partial charge in [-0.2, -0.15) is 0 Å². The van der Waals surface area contributed by atoms with Gasteiger partial charge in [-0.1, -0.05) is 0 Å². The minimum atomic E-state index is 1.09. The second kappa shape index (κ2) is 3.11. The van der Waals surface area contributed by atoms with E-state index in [1.165, 1.54) is 40.7 Å². The van der Waals surface area contributed by atoms with Gasteiger partial charge in [0.15, 0.2) is 0 Å². The van der Waals surface area contributed by atoms with Crippen molar-refractivity contribution in [3.8, 4) is 0 Å². The van der Waals surface area contributed by atoms with Crippen molar-refractivity contribution in [2.75, 3.05) is 13.6 Å². The van der Waals surface area contributed by atoms with Crippen molar-refractivity contribution in [1.82, 2.24) is 9.88 Å². The largest absolute Gasteiger partial charge is 0.359 e. The molecule has 1 aliphatic rings. The molecule has 0 aliphatic carbocycles. The minimum Gasteiger partial charge on any atom is -0.359 e. The summed E-state index contributed by atoms with van der Waals surface area (Å²) in [6.45, 7) is 4.39. The molecule has 0 atom stereocenters. The fourth-order valence-corrected chi connectivity index (χ4v) is 2.48. The Balaban J connectivity index is 2.19. The molecule has 2 heterocycles. The molecule has 1 aromatic heterocycles. The highest BCUT2D eigenvalue weighted by atomic mass is 15.1. The molecule has 2 aromatic rings. The van der Waals surface area contributed by atoms with Gasteiger partial charge in [-0.05, 0) is 55.1 Å². The molecule has 78 valence electrons. The van der Waals surface area contributed by atoms with E-state index in [1.807, 2.05) is 0 Å². The van der Waals surface area contributed by atoms with Crippen LogP contribution in [0.15, 0.2) is 18.2 Å². The number of hydrogen-bond donors (Lipinski definition) is 1. The molecular weight excluding hydrogens is 184 g/mol. The van der Waals surface area contributed by atoms with Gasteiger partial charge in [0.2, 0.25) is 0 Å². The normalized spacial score (nSPS) is 16.9. The molecule has 0 unspecified atom stereocenters. The third-order valence-electron chi connectivity index (χ3n) is 3.28. The number of aryl methyl sites for hydroxylation is 1. The lowest BCUT2D eigenvalue weighted by Gasteiger charge is -2.24. The molecule has 0 spiro atoms. The minimum absolute atomic E-state index is 1.09. The molecule has 0 saturated heterocycles. The van der Waals surface area contributed by atoms with E-state index in [2.05, 4.69) is 42.1 Å². The smallest absolute Gasteiger partial charge is 0.0459 e. The van der Waals surface area contributed by atoms with Crippen LogP contribution in [0, 0.1) is 6.92 Å². The van der Waals surface area contributed by atoms with Gasteiger partial charge in [-0.25, -0.2) is 0 Å². The van der Waals surface area contributed by atoms with Gasteiger partial charge in [-0.3, -0.25) is 0 Å². The van der Waals surface area contributed by atoms with Crippen LogP contribution in [0.5, 0.6) is 0 Å². The fraction of sp³-hybridized carbons (Fsp3) is 0.385. The molecule has 3 rings (SSSR count). The van der Waals surface area contributed by atoms with Gasteiger partial charge in [0.25, 0.3) is 0 Å². The molecule has 1 aliphatic heterocycles. The summed E-state index contributed by atoms with van der Waals surface area (Å²) >= 11 is 0. The van der Waals surface area contributed by atoms with Crippen molar-refractivity contribution in [1.29, 1.82) is 0 Å². The van der Waals surface area contributed by atoms with E-state index in [0.29, 0.717) is 0 Å². The Bertz CT molecular complexity index is 510. The van der Waals surface area contributed by atoms with Crippen LogP contribution < -0.4 is 0 Å². The Labute approximate surface area is 89.9 Å². The Morgan fingerprint density at radius 3 is 2.93 bits per heavy atom. The second-order valence-electron chi connectivity index (χ2n) is 4.65. The highest BCUT2D eigenvalue weighted by Crippen LogP contribution is 2.24. The fourth-order valence-electron chi connectivity index (χ4n) is 2.48. The van der Waals surface area contributed by atoms with Crippen molar-refractivity contribution in [3.05, 3.63) is 35.0 Å². The van der Waals surface area contributed by atoms with Gasteiger partial charge < -0.3 is 9.88 Å². The summed E-state index contributed by atoms with van der Waals surface area (Å²) in [7, 11) is 2.19. The first-order chi connectivity index (χ1) is 7.22. The Morgan fingerprint density at radius 2 is 2.07 bits per heavy atom. The molecule has 2 nitrogen and oxygen atoms in total. The number of nitrogens with one attached hydrogen (secondary N) is 1. The molecule has 0 radical (unpaired) electrons. The predicted molar refractivity (Wildman–Crippen MR) is 63.1 cm³/mol. The average molecular weight is 200 g/mol. The number of aromatic nitrogens is 1. The van der Waals surface area contributed by atoms with Crippen LogP contribution >= 0.6 is 0 Å². The molecule has 0 fully saturated rings. The van der Waals surface area contributed by atoms with Crippen molar-refractivity contribution >= 4 is 10.9 Å². The number of H-pyrrole nitrogens is 1. The van der Waals surface area contributed by atoms with Crippen LogP contribution in [-0.4, -0.2) is 23.5 Å². The van der Waals surface area contributed by atoms with E-state index in [-0.39, 0.29) is 0 Å². The number of aromatic amines is 1. The first kappa shape index (κ1) is 8.98. The lowest BCUT2D eigenvalue weighted by Crippen LogP contribution is -2.26. The van der Waals surface area contributed by atoms with Gasteiger partial charge in [0.05, 0.1) is 0 Å². The first-order valence-electron chi connectivity index (χ1n) is 5.52. The lowest BCUT2D eigenvalue weighted by molar-refractivity contribution is 0.313. The Kier molecular flexibility index (Phi) is 1.86. The van der Waals surface area contributed by atoms with Crippen LogP contribution in [0.1, 0.15) is 16.8 Å². The van der Waals surface area contributed by atoms with Gasteiger partial charge >= 0.3 is 0 Å². The number of benzene rings is 1. The lowest BCUT2D eigenvalue weighted by atomic mass is 9.98. The molecule has 1 aromatic carbocycles. The van der Waals surface area contributed by atoms with Crippen molar-refractivity contribution in [2.24, 2.45) is 0 Å². The number of rotatable bonds is 0. The van der Waals surface area contributed by atoms with Gasteiger partial charge in [-0.15, -0.1) is 0 Å². The maximum Gasteiger partial charge on any atom is 0.0459 e. The summed E-state index contributed by atoms with van der Waals surface area (Å²) < 4.78 is 0. The Morgan fingerprint density at radius 1 is 1.20 bits per heavy atom. The van der Waals surface area contributed by atoms with Crippen LogP contribution in [0.25, 0.3) is 10.9 Å². The maximum absolute atomic E-state index is 3.40. The summed E-state index contributed by atoms with van der Waals surface area (Å²) in [5.74, 6) is 0. The number of likely N-dealkylation sites (N-methyl/N-ethyl adjacent to an activating group) is 1. The molecule has 1 N–H and O–H groups in total. The number of hydrogen-bond acceptors (Lipinski definition) is 1. The monoisotopic (exact) mass is 200 g/mol. The maximum atomic E-state index is 3.40. The third-order valence-corrected chi connectivity index (χ3v) is 3.28. The van der Waals surface area contributed by atoms with E-state index < -0.39 is 0 Å². The predicted octanol–water partition coefficient (Wildman–Crippen LogP) is 2.46. The summed E-state index contributed by atoms with van der Waals surface area (Å²) in [6, 6.07) is 6.89. The van der Waals surface area contributed by atoms with Crippen molar-refractivity contribution < 1.29 is 0 Å². The number of fused-ring (bicyclic) bond motifs is 2. The van der Waals surface area contributed by atoms with E-state index in [0.717, 1.165) is 6.54 Å². The third kappa shape index (κ3) is 1.45. The summed E-state index contributed by atoms with van der Waals surface area (Å²) in [5.41, 5.74) is 5.54. The number of nitrogens with zero attached hydrogens (tertiary/aromatic N) is 1. The van der Waals surface area contributed by atoms with Crippen LogP contribution in [0.2, 0.25) is 0 Å². The zero-order chi connectivity index (χ0) is 10.4. The second-order valence-corrected chi connectivity index (χ2v) is 4.65. The zero-order valence-electron chi connectivity index (χ0n) is 9.30. The summed E-state index contributed by atoms with van der Waals surface area (Å²) in [4.78, 5) is 5.78. The topological polar surface area (TPSA) is 19.0 Å². The molecule has 2 heteroatoms. The highest BCUT2D eigenvalue weighted by Gasteiger charge is 2.14. The Hall–Kier alpha value is -1.28. The summed E-state index contributed by atoms with van der Waals surface area (Å²) in [6.07, 6.45) is 1.19. The molecule has 15 heavy (non-hydrogen) atoms. The van der Waals surface area contributed by atoms with Crippen molar-refractivity contribution in [2.45, 2.75) is 19.9 Å². The molecule has 0 amide bonds. The van der Waals surface area contributed by atoms with E-state index in [9.17, 15) is 0 Å². The molecular formula is C13H16N2.